The Kier molecular flexibility index (Phi) is 5.41. The fourth-order valence-electron chi connectivity index (χ4n) is 3.03. The average molecular weight is 309 g/mol. The summed E-state index contributed by atoms with van der Waals surface area (Å²) in [5, 5.41) is 5.47. The number of nitrogens with one attached hydrogen (secondary N) is 1. The highest BCUT2D eigenvalue weighted by Crippen LogP contribution is 2.28. The molecule has 0 radical (unpaired) electrons. The van der Waals surface area contributed by atoms with Crippen molar-refractivity contribution in [2.24, 2.45) is 0 Å². The highest BCUT2D eigenvalue weighted by Gasteiger charge is 2.37. The molecule has 4 nitrogen and oxygen atoms in total. The third kappa shape index (κ3) is 3.65. The summed E-state index contributed by atoms with van der Waals surface area (Å²) in [6, 6.07) is 5.04. The maximum Gasteiger partial charge on any atom is 0.241 e. The Labute approximate surface area is 132 Å². The van der Waals surface area contributed by atoms with Crippen LogP contribution in [0.1, 0.15) is 45.7 Å². The van der Waals surface area contributed by atoms with Gasteiger partial charge in [-0.3, -0.25) is 15.0 Å². The van der Waals surface area contributed by atoms with Gasteiger partial charge in [-0.25, -0.2) is 0 Å². The maximum absolute atomic E-state index is 12.4. The van der Waals surface area contributed by atoms with E-state index in [0.717, 1.165) is 13.1 Å². The highest BCUT2D eigenvalue weighted by molar-refractivity contribution is 7.10. The first kappa shape index (κ1) is 16.5. The van der Waals surface area contributed by atoms with E-state index in [1.165, 1.54) is 4.88 Å². The molecule has 1 aliphatic heterocycles. The van der Waals surface area contributed by atoms with Gasteiger partial charge in [-0.2, -0.15) is 0 Å². The highest BCUT2D eigenvalue weighted by atomic mass is 32.1. The quantitative estimate of drug-likeness (QED) is 0.877. The molecule has 2 rings (SSSR count). The zero-order valence-electron chi connectivity index (χ0n) is 13.7. The van der Waals surface area contributed by atoms with Crippen molar-refractivity contribution in [3.8, 4) is 0 Å². The molecule has 1 saturated heterocycles. The summed E-state index contributed by atoms with van der Waals surface area (Å²) < 4.78 is 0. The van der Waals surface area contributed by atoms with Crippen molar-refractivity contribution in [1.82, 2.24) is 15.1 Å². The topological polar surface area (TPSA) is 35.6 Å². The first-order valence-electron chi connectivity index (χ1n) is 7.77. The van der Waals surface area contributed by atoms with Crippen molar-refractivity contribution in [2.75, 3.05) is 13.1 Å². The van der Waals surface area contributed by atoms with E-state index in [-0.39, 0.29) is 18.1 Å². The minimum Gasteiger partial charge on any atom is -0.319 e. The van der Waals surface area contributed by atoms with Crippen molar-refractivity contribution in [1.29, 1.82) is 0 Å². The van der Waals surface area contributed by atoms with Crippen LogP contribution in [0.25, 0.3) is 0 Å². The second-order valence-corrected chi connectivity index (χ2v) is 7.24. The lowest BCUT2D eigenvalue weighted by Crippen LogP contribution is -2.44. The van der Waals surface area contributed by atoms with Gasteiger partial charge in [0.05, 0.1) is 6.04 Å². The summed E-state index contributed by atoms with van der Waals surface area (Å²) in [7, 11) is 0. The van der Waals surface area contributed by atoms with Crippen LogP contribution in [0.5, 0.6) is 0 Å². The van der Waals surface area contributed by atoms with Gasteiger partial charge in [0.2, 0.25) is 5.91 Å². The van der Waals surface area contributed by atoms with Gasteiger partial charge in [-0.1, -0.05) is 6.07 Å². The first-order chi connectivity index (χ1) is 9.91. The molecule has 5 heteroatoms. The SMILES string of the molecule is CC1NC(c2cccs2)N(CCN(C(C)C)C(C)C)C1=O. The van der Waals surface area contributed by atoms with E-state index in [9.17, 15) is 4.79 Å². The van der Waals surface area contributed by atoms with Crippen LogP contribution in [0.2, 0.25) is 0 Å². The number of thiophene rings is 1. The lowest BCUT2D eigenvalue weighted by atomic mass is 10.2. The van der Waals surface area contributed by atoms with Crippen LogP contribution >= 0.6 is 11.3 Å². The summed E-state index contributed by atoms with van der Waals surface area (Å²) in [4.78, 5) is 18.1. The van der Waals surface area contributed by atoms with Gasteiger partial charge in [0.15, 0.2) is 0 Å². The fraction of sp³-hybridized carbons (Fsp3) is 0.688. The lowest BCUT2D eigenvalue weighted by molar-refractivity contribution is -0.130. The number of hydrogen-bond acceptors (Lipinski definition) is 4. The standard InChI is InChI=1S/C16H27N3OS/c1-11(2)18(12(3)4)8-9-19-15(14-7-6-10-21-14)17-13(5)16(19)20/h6-7,10-13,15,17H,8-9H2,1-5H3. The Balaban J connectivity index is 2.07. The number of carbonyl (C=O) groups excluding carboxylic acids is 1. The van der Waals surface area contributed by atoms with Crippen LogP contribution in [0.15, 0.2) is 17.5 Å². The molecule has 2 heterocycles. The summed E-state index contributed by atoms with van der Waals surface area (Å²) >= 11 is 1.70. The van der Waals surface area contributed by atoms with E-state index in [4.69, 9.17) is 0 Å². The first-order valence-corrected chi connectivity index (χ1v) is 8.65. The number of nitrogens with zero attached hydrogens (tertiary/aromatic N) is 2. The second kappa shape index (κ2) is 6.90. The van der Waals surface area contributed by atoms with Crippen molar-refractivity contribution < 1.29 is 4.79 Å². The van der Waals surface area contributed by atoms with Crippen molar-refractivity contribution in [3.05, 3.63) is 22.4 Å². The molecule has 1 aromatic heterocycles. The predicted molar refractivity (Wildman–Crippen MR) is 88.3 cm³/mol. The van der Waals surface area contributed by atoms with Crippen molar-refractivity contribution in [3.63, 3.8) is 0 Å². The Bertz CT molecular complexity index is 450. The number of rotatable bonds is 6. The molecule has 1 amide bonds. The van der Waals surface area contributed by atoms with Crippen LogP contribution in [0.4, 0.5) is 0 Å². The van der Waals surface area contributed by atoms with Gasteiger partial charge >= 0.3 is 0 Å². The average Bonchev–Trinajstić information content (AvgIpc) is 3.01. The second-order valence-electron chi connectivity index (χ2n) is 6.26. The van der Waals surface area contributed by atoms with Crippen LogP contribution < -0.4 is 5.32 Å². The smallest absolute Gasteiger partial charge is 0.241 e. The third-order valence-corrected chi connectivity index (χ3v) is 5.04. The minimum atomic E-state index is -0.0938. The molecule has 21 heavy (non-hydrogen) atoms. The van der Waals surface area contributed by atoms with Crippen LogP contribution in [0, 0.1) is 0 Å². The van der Waals surface area contributed by atoms with E-state index >= 15 is 0 Å². The zero-order chi connectivity index (χ0) is 15.6. The molecule has 1 aliphatic rings. The zero-order valence-corrected chi connectivity index (χ0v) is 14.5. The van der Waals surface area contributed by atoms with Gasteiger partial charge in [0, 0.05) is 30.1 Å². The summed E-state index contributed by atoms with van der Waals surface area (Å²) in [5.74, 6) is 0.209. The maximum atomic E-state index is 12.4. The van der Waals surface area contributed by atoms with Crippen molar-refractivity contribution in [2.45, 2.75) is 58.9 Å². The molecule has 2 unspecified atom stereocenters. The van der Waals surface area contributed by atoms with E-state index in [1.807, 2.05) is 17.9 Å². The molecule has 1 fully saturated rings. The van der Waals surface area contributed by atoms with Crippen LogP contribution in [-0.4, -0.2) is 46.9 Å². The van der Waals surface area contributed by atoms with Crippen LogP contribution in [-0.2, 0) is 4.79 Å². The normalized spacial score (nSPS) is 23.0. The van der Waals surface area contributed by atoms with E-state index in [1.54, 1.807) is 11.3 Å². The Morgan fingerprint density at radius 3 is 2.52 bits per heavy atom. The van der Waals surface area contributed by atoms with Crippen molar-refractivity contribution >= 4 is 17.2 Å². The number of carbonyl (C=O) groups is 1. The van der Waals surface area contributed by atoms with E-state index in [2.05, 4.69) is 49.4 Å². The summed E-state index contributed by atoms with van der Waals surface area (Å²) in [6.45, 7) is 12.5. The van der Waals surface area contributed by atoms with Gasteiger partial charge < -0.3 is 4.90 Å². The molecule has 0 spiro atoms. The van der Waals surface area contributed by atoms with Gasteiger partial charge in [0.1, 0.15) is 6.17 Å². The number of hydrogen-bond donors (Lipinski definition) is 1. The molecular weight excluding hydrogens is 282 g/mol. The molecule has 0 aliphatic carbocycles. The molecule has 0 bridgehead atoms. The lowest BCUT2D eigenvalue weighted by Gasteiger charge is -2.33. The van der Waals surface area contributed by atoms with Gasteiger partial charge in [0.25, 0.3) is 0 Å². The molecule has 2 atom stereocenters. The molecular formula is C16H27N3OS. The third-order valence-electron chi connectivity index (χ3n) is 4.11. The molecule has 118 valence electrons. The molecule has 1 N–H and O–H groups in total. The van der Waals surface area contributed by atoms with Gasteiger partial charge in [-0.05, 0) is 46.1 Å². The Morgan fingerprint density at radius 2 is 2.00 bits per heavy atom. The van der Waals surface area contributed by atoms with Crippen LogP contribution in [0.3, 0.4) is 0 Å². The summed E-state index contributed by atoms with van der Waals surface area (Å²) in [6.07, 6.45) is 0.0358. The Hall–Kier alpha value is -0.910. The largest absolute Gasteiger partial charge is 0.319 e. The monoisotopic (exact) mass is 309 g/mol. The molecule has 0 aromatic carbocycles. The van der Waals surface area contributed by atoms with E-state index < -0.39 is 0 Å². The van der Waals surface area contributed by atoms with Gasteiger partial charge in [-0.15, -0.1) is 11.3 Å². The predicted octanol–water partition coefficient (Wildman–Crippen LogP) is 2.69. The van der Waals surface area contributed by atoms with E-state index in [0.29, 0.717) is 12.1 Å². The number of amides is 1. The molecule has 1 aromatic rings. The Morgan fingerprint density at radius 1 is 1.33 bits per heavy atom. The minimum absolute atomic E-state index is 0.0358. The summed E-state index contributed by atoms with van der Waals surface area (Å²) in [5.41, 5.74) is 0. The molecule has 0 saturated carbocycles. The fourth-order valence-corrected chi connectivity index (χ4v) is 3.83.